The number of aliphatic carboxylic acids is 1. The molecule has 4 rings (SSSR count). The number of carbonyl (C=O) groups is 1. The average Bonchev–Trinajstić information content (AvgIpc) is 2.79. The van der Waals surface area contributed by atoms with Crippen molar-refractivity contribution in [3.8, 4) is 22.5 Å². The van der Waals surface area contributed by atoms with Crippen molar-refractivity contribution in [2.24, 2.45) is 0 Å². The van der Waals surface area contributed by atoms with Crippen LogP contribution in [0.25, 0.3) is 22.5 Å². The molecule has 148 valence electrons. The van der Waals surface area contributed by atoms with Gasteiger partial charge in [-0.3, -0.25) is 4.98 Å². The van der Waals surface area contributed by atoms with E-state index >= 15 is 0 Å². The third-order valence-electron chi connectivity index (χ3n) is 5.42. The van der Waals surface area contributed by atoms with E-state index < -0.39 is 5.97 Å². The minimum Gasteiger partial charge on any atom is -0.480 e. The zero-order chi connectivity index (χ0) is 20.1. The molecule has 2 aromatic carbocycles. The van der Waals surface area contributed by atoms with Crippen molar-refractivity contribution in [2.75, 3.05) is 6.61 Å². The molecule has 0 bridgehead atoms. The number of carboxylic acids is 1. The molecule has 1 aliphatic rings. The molecule has 1 saturated carbocycles. The zero-order valence-electron chi connectivity index (χ0n) is 16.2. The Morgan fingerprint density at radius 2 is 1.48 bits per heavy atom. The number of ether oxygens (including phenoxy) is 1. The Hall–Kier alpha value is -3.05. The van der Waals surface area contributed by atoms with Crippen LogP contribution in [0.5, 0.6) is 0 Å². The van der Waals surface area contributed by atoms with E-state index in [4.69, 9.17) is 19.8 Å². The monoisotopic (exact) mass is 388 g/mol. The fourth-order valence-electron chi connectivity index (χ4n) is 3.92. The summed E-state index contributed by atoms with van der Waals surface area (Å²) in [5, 5.41) is 8.79. The molecule has 5 nitrogen and oxygen atoms in total. The summed E-state index contributed by atoms with van der Waals surface area (Å²) in [7, 11) is 0. The summed E-state index contributed by atoms with van der Waals surface area (Å²) in [6.45, 7) is -0.223. The summed E-state index contributed by atoms with van der Waals surface area (Å²) in [6.07, 6.45) is 5.47. The van der Waals surface area contributed by atoms with E-state index in [1.807, 2.05) is 42.6 Å². The molecule has 1 aliphatic carbocycles. The van der Waals surface area contributed by atoms with Crippen LogP contribution < -0.4 is 0 Å². The lowest BCUT2D eigenvalue weighted by Gasteiger charge is -2.28. The predicted octanol–water partition coefficient (Wildman–Crippen LogP) is 4.94. The van der Waals surface area contributed by atoms with Gasteiger partial charge in [0.15, 0.2) is 0 Å². The summed E-state index contributed by atoms with van der Waals surface area (Å²) in [6, 6.07) is 20.3. The number of hydrogen-bond donors (Lipinski definition) is 1. The molecule has 0 unspecified atom stereocenters. The smallest absolute Gasteiger partial charge is 0.329 e. The van der Waals surface area contributed by atoms with Gasteiger partial charge in [-0.05, 0) is 25.7 Å². The maximum Gasteiger partial charge on any atom is 0.329 e. The first-order valence-electron chi connectivity index (χ1n) is 10.0. The number of carboxylic acid groups (broad SMARTS) is 1. The number of rotatable bonds is 6. The Morgan fingerprint density at radius 3 is 2.07 bits per heavy atom. The SMILES string of the molecule is O=C(O)COC1CCC(c2cnc(-c3ccccc3)c(-c3ccccc3)n2)CC1. The van der Waals surface area contributed by atoms with Crippen LogP contribution in [0.2, 0.25) is 0 Å². The van der Waals surface area contributed by atoms with Crippen molar-refractivity contribution in [2.45, 2.75) is 37.7 Å². The lowest BCUT2D eigenvalue weighted by Crippen LogP contribution is -2.24. The Kier molecular flexibility index (Phi) is 5.96. The largest absolute Gasteiger partial charge is 0.480 e. The number of benzene rings is 2. The molecule has 29 heavy (non-hydrogen) atoms. The van der Waals surface area contributed by atoms with Gasteiger partial charge in [0.05, 0.1) is 23.2 Å². The lowest BCUT2D eigenvalue weighted by molar-refractivity contribution is -0.145. The molecule has 3 aromatic rings. The third kappa shape index (κ3) is 4.69. The molecule has 1 aromatic heterocycles. The average molecular weight is 388 g/mol. The number of hydrogen-bond acceptors (Lipinski definition) is 4. The summed E-state index contributed by atoms with van der Waals surface area (Å²) in [4.78, 5) is 20.6. The van der Waals surface area contributed by atoms with E-state index in [2.05, 4.69) is 24.3 Å². The topological polar surface area (TPSA) is 72.3 Å². The van der Waals surface area contributed by atoms with Crippen molar-refractivity contribution < 1.29 is 14.6 Å². The standard InChI is InChI=1S/C24H24N2O3/c27-22(28)16-29-20-13-11-17(12-14-20)21-15-25-23(18-7-3-1-4-8-18)24(26-21)19-9-5-2-6-10-19/h1-10,15,17,20H,11-14,16H2,(H,27,28). The van der Waals surface area contributed by atoms with Crippen LogP contribution in [0, 0.1) is 0 Å². The van der Waals surface area contributed by atoms with E-state index in [0.717, 1.165) is 53.9 Å². The van der Waals surface area contributed by atoms with Crippen molar-refractivity contribution in [1.82, 2.24) is 9.97 Å². The highest BCUT2D eigenvalue weighted by Gasteiger charge is 2.25. The Morgan fingerprint density at radius 1 is 0.897 bits per heavy atom. The second kappa shape index (κ2) is 8.97. The van der Waals surface area contributed by atoms with Gasteiger partial charge in [0.2, 0.25) is 0 Å². The number of aromatic nitrogens is 2. The van der Waals surface area contributed by atoms with Crippen LogP contribution in [0.15, 0.2) is 66.9 Å². The number of nitrogens with zero attached hydrogens (tertiary/aromatic N) is 2. The summed E-state index contributed by atoms with van der Waals surface area (Å²) < 4.78 is 5.46. The highest BCUT2D eigenvalue weighted by atomic mass is 16.5. The first kappa shape index (κ1) is 19.3. The van der Waals surface area contributed by atoms with Gasteiger partial charge in [0.1, 0.15) is 6.61 Å². The molecule has 5 heteroatoms. The van der Waals surface area contributed by atoms with Crippen LogP contribution in [0.3, 0.4) is 0 Å². The molecule has 1 heterocycles. The predicted molar refractivity (Wildman–Crippen MR) is 111 cm³/mol. The molecule has 0 saturated heterocycles. The Balaban J connectivity index is 1.59. The third-order valence-corrected chi connectivity index (χ3v) is 5.42. The van der Waals surface area contributed by atoms with Gasteiger partial charge in [-0.25, -0.2) is 9.78 Å². The second-order valence-corrected chi connectivity index (χ2v) is 7.40. The fraction of sp³-hybridized carbons (Fsp3) is 0.292. The summed E-state index contributed by atoms with van der Waals surface area (Å²) >= 11 is 0. The maximum atomic E-state index is 10.7. The van der Waals surface area contributed by atoms with Crippen LogP contribution >= 0.6 is 0 Å². The fourth-order valence-corrected chi connectivity index (χ4v) is 3.92. The quantitative estimate of drug-likeness (QED) is 0.648. The van der Waals surface area contributed by atoms with Gasteiger partial charge in [0, 0.05) is 23.2 Å². The van der Waals surface area contributed by atoms with Crippen molar-refractivity contribution in [3.63, 3.8) is 0 Å². The Bertz CT molecular complexity index is 952. The van der Waals surface area contributed by atoms with Crippen molar-refractivity contribution >= 4 is 5.97 Å². The van der Waals surface area contributed by atoms with E-state index in [9.17, 15) is 4.79 Å². The van der Waals surface area contributed by atoms with Gasteiger partial charge in [0.25, 0.3) is 0 Å². The molecule has 0 atom stereocenters. The van der Waals surface area contributed by atoms with Gasteiger partial charge in [-0.1, -0.05) is 60.7 Å². The summed E-state index contributed by atoms with van der Waals surface area (Å²) in [5.74, 6) is -0.596. The molecular weight excluding hydrogens is 364 g/mol. The van der Waals surface area contributed by atoms with Crippen LogP contribution in [-0.4, -0.2) is 33.8 Å². The second-order valence-electron chi connectivity index (χ2n) is 7.40. The molecule has 0 aliphatic heterocycles. The van der Waals surface area contributed by atoms with Gasteiger partial charge in [-0.2, -0.15) is 0 Å². The van der Waals surface area contributed by atoms with Crippen molar-refractivity contribution in [1.29, 1.82) is 0 Å². The maximum absolute atomic E-state index is 10.7. The Labute approximate surface area is 170 Å². The van der Waals surface area contributed by atoms with Crippen LogP contribution in [-0.2, 0) is 9.53 Å². The highest BCUT2D eigenvalue weighted by Crippen LogP contribution is 2.36. The minimum atomic E-state index is -0.915. The molecule has 1 N–H and O–H groups in total. The molecule has 0 amide bonds. The normalized spacial score (nSPS) is 19.0. The first-order valence-corrected chi connectivity index (χ1v) is 10.0. The first-order chi connectivity index (χ1) is 14.2. The molecule has 1 fully saturated rings. The molecular formula is C24H24N2O3. The molecule has 0 spiro atoms. The highest BCUT2D eigenvalue weighted by molar-refractivity contribution is 5.77. The van der Waals surface area contributed by atoms with Crippen molar-refractivity contribution in [3.05, 3.63) is 72.6 Å². The van der Waals surface area contributed by atoms with E-state index in [0.29, 0.717) is 5.92 Å². The lowest BCUT2D eigenvalue weighted by atomic mass is 9.85. The van der Waals surface area contributed by atoms with Crippen LogP contribution in [0.4, 0.5) is 0 Å². The summed E-state index contributed by atoms with van der Waals surface area (Å²) in [5.41, 5.74) is 4.90. The van der Waals surface area contributed by atoms with E-state index in [1.165, 1.54) is 0 Å². The van der Waals surface area contributed by atoms with E-state index in [-0.39, 0.29) is 12.7 Å². The van der Waals surface area contributed by atoms with Crippen LogP contribution in [0.1, 0.15) is 37.3 Å². The van der Waals surface area contributed by atoms with E-state index in [1.54, 1.807) is 0 Å². The van der Waals surface area contributed by atoms with Gasteiger partial charge >= 0.3 is 5.97 Å². The van der Waals surface area contributed by atoms with Gasteiger partial charge in [-0.15, -0.1) is 0 Å². The zero-order valence-corrected chi connectivity index (χ0v) is 16.2. The molecule has 0 radical (unpaired) electrons. The van der Waals surface area contributed by atoms with Gasteiger partial charge < -0.3 is 9.84 Å². The minimum absolute atomic E-state index is 0.0208.